The van der Waals surface area contributed by atoms with Crippen molar-refractivity contribution in [1.82, 2.24) is 0 Å². The van der Waals surface area contributed by atoms with Crippen LogP contribution in [0.15, 0.2) is 55.2 Å². The van der Waals surface area contributed by atoms with Gasteiger partial charge >= 0.3 is 0 Å². The van der Waals surface area contributed by atoms with Crippen LogP contribution in [-0.4, -0.2) is 0 Å². The van der Waals surface area contributed by atoms with Crippen LogP contribution in [0.2, 0.25) is 0 Å². The van der Waals surface area contributed by atoms with Crippen LogP contribution in [-0.2, 0) is 6.42 Å². The van der Waals surface area contributed by atoms with Gasteiger partial charge in [0.25, 0.3) is 0 Å². The molecule has 0 atom stereocenters. The molecular formula is C21H30. The number of allylic oxidation sites excluding steroid dienone is 6. The van der Waals surface area contributed by atoms with E-state index in [1.807, 2.05) is 13.0 Å². The van der Waals surface area contributed by atoms with Crippen LogP contribution < -0.4 is 0 Å². The van der Waals surface area contributed by atoms with Gasteiger partial charge in [-0.25, -0.2) is 0 Å². The highest BCUT2D eigenvalue weighted by Gasteiger charge is 2.07. The van der Waals surface area contributed by atoms with Crippen LogP contribution >= 0.6 is 0 Å². The van der Waals surface area contributed by atoms with Crippen molar-refractivity contribution < 1.29 is 0 Å². The van der Waals surface area contributed by atoms with Gasteiger partial charge in [0.15, 0.2) is 0 Å². The highest BCUT2D eigenvalue weighted by atomic mass is 14.1. The number of hydrogen-bond acceptors (Lipinski definition) is 0. The summed E-state index contributed by atoms with van der Waals surface area (Å²) in [5, 5.41) is 0. The van der Waals surface area contributed by atoms with Gasteiger partial charge in [-0.1, -0.05) is 49.4 Å². The van der Waals surface area contributed by atoms with Gasteiger partial charge in [0, 0.05) is 0 Å². The first-order valence-corrected chi connectivity index (χ1v) is 7.60. The van der Waals surface area contributed by atoms with Gasteiger partial charge in [0.1, 0.15) is 0 Å². The van der Waals surface area contributed by atoms with Crippen molar-refractivity contribution in [2.75, 3.05) is 0 Å². The fraction of sp³-hybridized carbons (Fsp3) is 0.333. The molecule has 0 amide bonds. The van der Waals surface area contributed by atoms with Crippen LogP contribution in [0.3, 0.4) is 0 Å². The lowest BCUT2D eigenvalue weighted by atomic mass is 9.92. The Hall–Kier alpha value is -1.82. The summed E-state index contributed by atoms with van der Waals surface area (Å²) >= 11 is 0. The molecule has 0 saturated carbocycles. The minimum atomic E-state index is 1.07. The number of rotatable bonds is 4. The maximum atomic E-state index is 3.88. The van der Waals surface area contributed by atoms with Gasteiger partial charge in [0.05, 0.1) is 0 Å². The Morgan fingerprint density at radius 2 is 1.67 bits per heavy atom. The molecule has 0 aliphatic carbocycles. The third kappa shape index (κ3) is 5.59. The number of hydrogen-bond donors (Lipinski definition) is 0. The number of aryl methyl sites for hydroxylation is 1. The van der Waals surface area contributed by atoms with Crippen LogP contribution in [0.5, 0.6) is 0 Å². The van der Waals surface area contributed by atoms with Crippen molar-refractivity contribution >= 4 is 11.1 Å². The van der Waals surface area contributed by atoms with E-state index in [-0.39, 0.29) is 0 Å². The van der Waals surface area contributed by atoms with Crippen molar-refractivity contribution in [3.8, 4) is 0 Å². The molecule has 0 bridgehead atoms. The first-order chi connectivity index (χ1) is 9.96. The molecule has 0 aliphatic heterocycles. The predicted molar refractivity (Wildman–Crippen MR) is 99.5 cm³/mol. The van der Waals surface area contributed by atoms with E-state index in [4.69, 9.17) is 0 Å². The third-order valence-corrected chi connectivity index (χ3v) is 3.51. The Labute approximate surface area is 131 Å². The average molecular weight is 282 g/mol. The van der Waals surface area contributed by atoms with Crippen molar-refractivity contribution in [2.45, 2.75) is 48.0 Å². The smallest absolute Gasteiger partial charge is 0.0181 e. The second-order valence-electron chi connectivity index (χ2n) is 5.21. The molecule has 0 heterocycles. The Morgan fingerprint density at radius 3 is 2.05 bits per heavy atom. The monoisotopic (exact) mass is 282 g/mol. The van der Waals surface area contributed by atoms with E-state index < -0.39 is 0 Å². The molecule has 0 heteroatoms. The average Bonchev–Trinajstić information content (AvgIpc) is 2.48. The van der Waals surface area contributed by atoms with Gasteiger partial charge in [-0.15, -0.1) is 6.58 Å². The van der Waals surface area contributed by atoms with Crippen LogP contribution in [0, 0.1) is 0 Å². The largest absolute Gasteiger partial charge is 0.103 e. The van der Waals surface area contributed by atoms with E-state index in [0.29, 0.717) is 0 Å². The first-order valence-electron chi connectivity index (χ1n) is 7.60. The summed E-state index contributed by atoms with van der Waals surface area (Å²) in [5.74, 6) is 0. The summed E-state index contributed by atoms with van der Waals surface area (Å²) in [6.45, 7) is 19.9. The van der Waals surface area contributed by atoms with E-state index in [1.54, 1.807) is 6.08 Å². The van der Waals surface area contributed by atoms with Crippen LogP contribution in [0.25, 0.3) is 11.1 Å². The Morgan fingerprint density at radius 1 is 1.10 bits per heavy atom. The quantitative estimate of drug-likeness (QED) is 0.418. The van der Waals surface area contributed by atoms with Crippen molar-refractivity contribution in [3.63, 3.8) is 0 Å². The van der Waals surface area contributed by atoms with E-state index >= 15 is 0 Å². The molecule has 1 aromatic carbocycles. The van der Waals surface area contributed by atoms with Gasteiger partial charge in [-0.2, -0.15) is 0 Å². The fourth-order valence-electron chi connectivity index (χ4n) is 2.09. The summed E-state index contributed by atoms with van der Waals surface area (Å²) in [4.78, 5) is 0. The summed E-state index contributed by atoms with van der Waals surface area (Å²) < 4.78 is 0. The third-order valence-electron chi connectivity index (χ3n) is 3.51. The Kier molecular flexibility index (Phi) is 9.12. The lowest BCUT2D eigenvalue weighted by Gasteiger charge is -2.13. The SMILES string of the molecule is C=C/C(=C\C)c1ccc(CC)c(C(C)=C(C)C)c1.C=CC. The molecule has 0 aliphatic rings. The second-order valence-corrected chi connectivity index (χ2v) is 5.21. The van der Waals surface area contributed by atoms with Crippen LogP contribution in [0.4, 0.5) is 0 Å². The van der Waals surface area contributed by atoms with Crippen molar-refractivity contribution in [2.24, 2.45) is 0 Å². The van der Waals surface area contributed by atoms with Crippen LogP contribution in [0.1, 0.15) is 58.2 Å². The first kappa shape index (κ1) is 19.2. The van der Waals surface area contributed by atoms with E-state index in [0.717, 1.165) is 6.42 Å². The normalized spacial score (nSPS) is 10.3. The molecule has 0 aromatic heterocycles. The Bertz CT molecular complexity index is 535. The van der Waals surface area contributed by atoms with Gasteiger partial charge in [0.2, 0.25) is 0 Å². The maximum Gasteiger partial charge on any atom is -0.0181 e. The molecule has 1 rings (SSSR count). The standard InChI is InChI=1S/C18H24.C3H6/c1-7-15(8-2)17-11-10-16(9-3)18(12-17)14(6)13(4)5;1-3-2/h7-8,10-12H,1,9H2,2-6H3;3H,1H2,2H3/b15-8+;. The molecule has 114 valence electrons. The topological polar surface area (TPSA) is 0 Å². The summed E-state index contributed by atoms with van der Waals surface area (Å²) in [6, 6.07) is 6.72. The molecular weight excluding hydrogens is 252 g/mol. The van der Waals surface area contributed by atoms with Gasteiger partial charge < -0.3 is 0 Å². The summed E-state index contributed by atoms with van der Waals surface area (Å²) in [5.41, 5.74) is 7.99. The molecule has 0 radical (unpaired) electrons. The van der Waals surface area contributed by atoms with E-state index in [9.17, 15) is 0 Å². The fourth-order valence-corrected chi connectivity index (χ4v) is 2.09. The van der Waals surface area contributed by atoms with E-state index in [2.05, 4.69) is 72.1 Å². The zero-order chi connectivity index (χ0) is 16.4. The Balaban J connectivity index is 0.00000122. The van der Waals surface area contributed by atoms with Gasteiger partial charge in [-0.3, -0.25) is 0 Å². The maximum absolute atomic E-state index is 3.88. The number of benzene rings is 1. The second kappa shape index (κ2) is 9.99. The minimum Gasteiger partial charge on any atom is -0.103 e. The lowest BCUT2D eigenvalue weighted by Crippen LogP contribution is -1.94. The zero-order valence-corrected chi connectivity index (χ0v) is 14.6. The molecule has 21 heavy (non-hydrogen) atoms. The summed E-state index contributed by atoms with van der Waals surface area (Å²) in [6.07, 6.45) is 6.84. The highest BCUT2D eigenvalue weighted by molar-refractivity contribution is 5.78. The highest BCUT2D eigenvalue weighted by Crippen LogP contribution is 2.27. The zero-order valence-electron chi connectivity index (χ0n) is 14.6. The van der Waals surface area contributed by atoms with Gasteiger partial charge in [-0.05, 0) is 74.9 Å². The van der Waals surface area contributed by atoms with E-state index in [1.165, 1.54) is 33.4 Å². The lowest BCUT2D eigenvalue weighted by molar-refractivity contribution is 1.12. The van der Waals surface area contributed by atoms with Crippen molar-refractivity contribution in [1.29, 1.82) is 0 Å². The molecule has 0 spiro atoms. The predicted octanol–water partition coefficient (Wildman–Crippen LogP) is 6.84. The van der Waals surface area contributed by atoms with Crippen molar-refractivity contribution in [3.05, 3.63) is 71.8 Å². The molecule has 0 fully saturated rings. The summed E-state index contributed by atoms with van der Waals surface area (Å²) in [7, 11) is 0. The molecule has 1 aromatic rings. The molecule has 0 unspecified atom stereocenters. The molecule has 0 N–H and O–H groups in total. The molecule has 0 nitrogen and oxygen atoms in total. The molecule has 0 saturated heterocycles. The minimum absolute atomic E-state index is 1.07.